The van der Waals surface area contributed by atoms with Gasteiger partial charge in [-0.3, -0.25) is 0 Å². The van der Waals surface area contributed by atoms with Gasteiger partial charge in [0.2, 0.25) is 0 Å². The van der Waals surface area contributed by atoms with Gasteiger partial charge in [-0.2, -0.15) is 0 Å². The number of benzene rings is 1. The Labute approximate surface area is 118 Å². The van der Waals surface area contributed by atoms with Crippen molar-refractivity contribution in [2.45, 2.75) is 45.7 Å². The molecular weight excluding hydrogens is 290 g/mol. The van der Waals surface area contributed by atoms with Gasteiger partial charge in [-0.15, -0.1) is 0 Å². The highest BCUT2D eigenvalue weighted by molar-refractivity contribution is 9.10. The van der Waals surface area contributed by atoms with E-state index >= 15 is 0 Å². The highest BCUT2D eigenvalue weighted by Gasteiger charge is 2.26. The van der Waals surface area contributed by atoms with Crippen LogP contribution in [0.5, 0.6) is 5.75 Å². The molecule has 18 heavy (non-hydrogen) atoms. The third-order valence-electron chi connectivity index (χ3n) is 4.33. The van der Waals surface area contributed by atoms with E-state index in [0.717, 1.165) is 22.5 Å². The van der Waals surface area contributed by atoms with Crippen LogP contribution in [0.2, 0.25) is 0 Å². The maximum atomic E-state index is 9.96. The maximum absolute atomic E-state index is 9.96. The number of phenolic OH excluding ortho intramolecular Hbond substituents is 1. The first-order valence-corrected chi connectivity index (χ1v) is 7.58. The molecule has 2 nitrogen and oxygen atoms in total. The molecule has 1 fully saturated rings. The molecule has 0 radical (unpaired) electrons. The van der Waals surface area contributed by atoms with Gasteiger partial charge in [0.1, 0.15) is 5.75 Å². The zero-order valence-corrected chi connectivity index (χ0v) is 12.7. The molecule has 0 heterocycles. The zero-order chi connectivity index (χ0) is 13.1. The lowest BCUT2D eigenvalue weighted by Crippen LogP contribution is -2.40. The highest BCUT2D eigenvalue weighted by Crippen LogP contribution is 2.31. The molecule has 100 valence electrons. The molecule has 2 N–H and O–H groups in total. The lowest BCUT2D eigenvalue weighted by Gasteiger charge is -2.34. The van der Waals surface area contributed by atoms with Crippen LogP contribution in [0.25, 0.3) is 0 Å². The normalized spacial score (nSPS) is 28.3. The number of rotatable bonds is 3. The number of aromatic hydroxyl groups is 1. The minimum atomic E-state index is 0.363. The minimum Gasteiger partial charge on any atom is -0.506 e. The van der Waals surface area contributed by atoms with Crippen molar-refractivity contribution < 1.29 is 5.11 Å². The summed E-state index contributed by atoms with van der Waals surface area (Å²) in [5, 5.41) is 13.6. The predicted molar refractivity (Wildman–Crippen MR) is 78.6 cm³/mol. The first-order valence-electron chi connectivity index (χ1n) is 6.79. The van der Waals surface area contributed by atoms with Crippen LogP contribution in [0.4, 0.5) is 0 Å². The largest absolute Gasteiger partial charge is 0.506 e. The van der Waals surface area contributed by atoms with E-state index in [1.54, 1.807) is 0 Å². The molecule has 0 aromatic heterocycles. The van der Waals surface area contributed by atoms with Crippen molar-refractivity contribution in [2.24, 2.45) is 11.8 Å². The van der Waals surface area contributed by atoms with Crippen LogP contribution in [0, 0.1) is 11.8 Å². The lowest BCUT2D eigenvalue weighted by molar-refractivity contribution is 0.205. The summed E-state index contributed by atoms with van der Waals surface area (Å²) in [7, 11) is 0. The first-order chi connectivity index (χ1) is 8.59. The van der Waals surface area contributed by atoms with Crippen molar-refractivity contribution in [3.8, 4) is 5.75 Å². The third kappa shape index (κ3) is 3.07. The van der Waals surface area contributed by atoms with E-state index in [1.165, 1.54) is 19.3 Å². The minimum absolute atomic E-state index is 0.363. The topological polar surface area (TPSA) is 32.3 Å². The Morgan fingerprint density at radius 1 is 1.33 bits per heavy atom. The fraction of sp³-hybridized carbons (Fsp3) is 0.600. The first kappa shape index (κ1) is 13.9. The van der Waals surface area contributed by atoms with Crippen LogP contribution in [-0.2, 0) is 6.54 Å². The van der Waals surface area contributed by atoms with Gasteiger partial charge in [0.05, 0.1) is 4.47 Å². The van der Waals surface area contributed by atoms with Gasteiger partial charge in [-0.25, -0.2) is 0 Å². The summed E-state index contributed by atoms with van der Waals surface area (Å²) >= 11 is 3.36. The average molecular weight is 312 g/mol. The monoisotopic (exact) mass is 311 g/mol. The quantitative estimate of drug-likeness (QED) is 0.882. The number of phenols is 1. The van der Waals surface area contributed by atoms with E-state index in [4.69, 9.17) is 0 Å². The Kier molecular flexibility index (Phi) is 4.68. The van der Waals surface area contributed by atoms with E-state index in [0.29, 0.717) is 17.7 Å². The Balaban J connectivity index is 1.97. The molecule has 3 unspecified atom stereocenters. The van der Waals surface area contributed by atoms with Crippen molar-refractivity contribution >= 4 is 15.9 Å². The fourth-order valence-corrected chi connectivity index (χ4v) is 3.22. The Hall–Kier alpha value is -0.540. The molecular formula is C15H22BrNO. The van der Waals surface area contributed by atoms with Crippen molar-refractivity contribution in [3.05, 3.63) is 28.2 Å². The molecule has 0 amide bonds. The lowest BCUT2D eigenvalue weighted by atomic mass is 9.78. The van der Waals surface area contributed by atoms with Gasteiger partial charge in [0, 0.05) is 18.2 Å². The smallest absolute Gasteiger partial charge is 0.134 e. The van der Waals surface area contributed by atoms with Gasteiger partial charge in [0.15, 0.2) is 0 Å². The Morgan fingerprint density at radius 3 is 2.89 bits per heavy atom. The summed E-state index contributed by atoms with van der Waals surface area (Å²) in [4.78, 5) is 0. The molecule has 2 rings (SSSR count). The second kappa shape index (κ2) is 6.07. The van der Waals surface area contributed by atoms with Crippen molar-refractivity contribution in [1.29, 1.82) is 0 Å². The molecule has 0 bridgehead atoms. The van der Waals surface area contributed by atoms with E-state index < -0.39 is 0 Å². The second-order valence-corrected chi connectivity index (χ2v) is 6.36. The number of nitrogens with one attached hydrogen (secondary N) is 1. The van der Waals surface area contributed by atoms with Crippen LogP contribution in [0.1, 0.15) is 38.7 Å². The molecule has 0 spiro atoms. The van der Waals surface area contributed by atoms with Gasteiger partial charge >= 0.3 is 0 Å². The molecule has 1 aromatic rings. The van der Waals surface area contributed by atoms with E-state index in [-0.39, 0.29) is 0 Å². The summed E-state index contributed by atoms with van der Waals surface area (Å²) in [5.41, 5.74) is 0.967. The van der Waals surface area contributed by atoms with Crippen LogP contribution in [-0.4, -0.2) is 11.1 Å². The zero-order valence-electron chi connectivity index (χ0n) is 11.1. The van der Waals surface area contributed by atoms with Gasteiger partial charge < -0.3 is 10.4 Å². The maximum Gasteiger partial charge on any atom is 0.134 e. The molecule has 1 aromatic carbocycles. The number of halogens is 1. The molecule has 1 aliphatic carbocycles. The standard InChI is InChI=1S/C15H22BrNO/c1-10-5-3-8-14(11(10)2)17-9-12-6-4-7-13(16)15(12)18/h4,6-7,10-11,14,17-18H,3,5,8-9H2,1-2H3. The van der Waals surface area contributed by atoms with E-state index in [1.807, 2.05) is 18.2 Å². The highest BCUT2D eigenvalue weighted by atomic mass is 79.9. The van der Waals surface area contributed by atoms with Crippen LogP contribution >= 0.6 is 15.9 Å². The number of hydrogen-bond acceptors (Lipinski definition) is 2. The molecule has 0 aliphatic heterocycles. The third-order valence-corrected chi connectivity index (χ3v) is 4.97. The Morgan fingerprint density at radius 2 is 2.11 bits per heavy atom. The van der Waals surface area contributed by atoms with Crippen molar-refractivity contribution in [1.82, 2.24) is 5.32 Å². The Bertz CT molecular complexity index is 407. The summed E-state index contributed by atoms with van der Waals surface area (Å²) in [5.74, 6) is 1.88. The van der Waals surface area contributed by atoms with E-state index in [2.05, 4.69) is 35.1 Å². The van der Waals surface area contributed by atoms with Crippen LogP contribution in [0.15, 0.2) is 22.7 Å². The molecule has 1 aliphatic rings. The van der Waals surface area contributed by atoms with Gasteiger partial charge in [-0.1, -0.05) is 38.8 Å². The van der Waals surface area contributed by atoms with Gasteiger partial charge in [-0.05, 0) is 40.3 Å². The number of hydrogen-bond donors (Lipinski definition) is 2. The molecule has 3 heteroatoms. The summed E-state index contributed by atoms with van der Waals surface area (Å²) in [6.45, 7) is 5.42. The second-order valence-electron chi connectivity index (χ2n) is 5.50. The van der Waals surface area contributed by atoms with Crippen molar-refractivity contribution in [3.63, 3.8) is 0 Å². The van der Waals surface area contributed by atoms with Crippen LogP contribution < -0.4 is 5.32 Å². The van der Waals surface area contributed by atoms with Gasteiger partial charge in [0.25, 0.3) is 0 Å². The predicted octanol–water partition coefficient (Wildman–Crippen LogP) is 4.07. The van der Waals surface area contributed by atoms with Crippen molar-refractivity contribution in [2.75, 3.05) is 0 Å². The molecule has 1 saturated carbocycles. The SMILES string of the molecule is CC1CCCC(NCc2cccc(Br)c2O)C1C. The van der Waals surface area contributed by atoms with E-state index in [9.17, 15) is 5.11 Å². The molecule has 0 saturated heterocycles. The molecule has 3 atom stereocenters. The summed E-state index contributed by atoms with van der Waals surface area (Å²) in [6.07, 6.45) is 3.91. The summed E-state index contributed by atoms with van der Waals surface area (Å²) in [6, 6.07) is 6.38. The summed E-state index contributed by atoms with van der Waals surface area (Å²) < 4.78 is 0.770. The fourth-order valence-electron chi connectivity index (χ4n) is 2.81. The van der Waals surface area contributed by atoms with Crippen LogP contribution in [0.3, 0.4) is 0 Å². The number of para-hydroxylation sites is 1. The average Bonchev–Trinajstić information content (AvgIpc) is 2.36.